The maximum atomic E-state index is 12.0. The van der Waals surface area contributed by atoms with E-state index in [1.54, 1.807) is 4.58 Å². The third-order valence-corrected chi connectivity index (χ3v) is 8.42. The van der Waals surface area contributed by atoms with Crippen LogP contribution in [-0.2, 0) is 9.16 Å². The van der Waals surface area contributed by atoms with E-state index in [9.17, 15) is 4.79 Å². The third-order valence-electron chi connectivity index (χ3n) is 3.88. The molecule has 0 aliphatic carbocycles. The smallest absolute Gasteiger partial charge is 0.407 e. The van der Waals surface area contributed by atoms with E-state index in [-0.39, 0.29) is 17.2 Å². The van der Waals surface area contributed by atoms with Crippen LogP contribution in [-0.4, -0.2) is 43.5 Å². The van der Waals surface area contributed by atoms with Crippen molar-refractivity contribution in [3.8, 4) is 0 Å². The quantitative estimate of drug-likeness (QED) is 0.575. The van der Waals surface area contributed by atoms with Gasteiger partial charge in [0.05, 0.1) is 6.42 Å². The highest BCUT2D eigenvalue weighted by molar-refractivity contribution is 6.74. The Morgan fingerprint density at radius 1 is 1.20 bits per heavy atom. The van der Waals surface area contributed by atoms with Crippen molar-refractivity contribution in [2.75, 3.05) is 6.54 Å². The molecule has 1 atom stereocenters. The van der Waals surface area contributed by atoms with Crippen molar-refractivity contribution in [3.05, 3.63) is 0 Å². The van der Waals surface area contributed by atoms with Gasteiger partial charge in [-0.3, -0.25) is 0 Å². The first-order valence-electron chi connectivity index (χ1n) is 7.32. The zero-order valence-corrected chi connectivity index (χ0v) is 15.2. The van der Waals surface area contributed by atoms with Crippen molar-refractivity contribution in [2.45, 2.75) is 77.8 Å². The Bertz CT molecular complexity index is 402. The summed E-state index contributed by atoms with van der Waals surface area (Å²) in [5.74, 6) is 0. The van der Waals surface area contributed by atoms with Gasteiger partial charge in [0, 0.05) is 0 Å². The van der Waals surface area contributed by atoms with Crippen LogP contribution in [0.1, 0.15) is 48.0 Å². The highest BCUT2D eigenvalue weighted by Crippen LogP contribution is 2.37. The average molecular weight is 300 g/mol. The molecule has 5 heteroatoms. The molecular weight excluding hydrogens is 270 g/mol. The molecule has 4 nitrogen and oxygen atoms in total. The molecule has 1 rings (SSSR count). The molecular formula is C15H30NO3Si+. The maximum Gasteiger partial charge on any atom is 0.596 e. The standard InChI is InChI=1S/C15H30NO3Si/c1-14(2,3)18-13(17)16-10-9-12(11-16)19-20(7,8)15(4,5)6/h10,12H,9,11H2,1-8H3/q+1/t12-/m0/s1. The fourth-order valence-electron chi connectivity index (χ4n) is 1.76. The number of carbonyl (C=O) groups is 1. The largest absolute Gasteiger partial charge is 0.596 e. The Morgan fingerprint density at radius 2 is 1.75 bits per heavy atom. The van der Waals surface area contributed by atoms with Crippen molar-refractivity contribution in [1.82, 2.24) is 0 Å². The lowest BCUT2D eigenvalue weighted by Gasteiger charge is -2.37. The van der Waals surface area contributed by atoms with Crippen LogP contribution in [0.2, 0.25) is 18.1 Å². The number of amides is 1. The van der Waals surface area contributed by atoms with E-state index in [1.807, 2.05) is 27.0 Å². The van der Waals surface area contributed by atoms with Crippen LogP contribution in [0.4, 0.5) is 4.79 Å². The average Bonchev–Trinajstić information content (AvgIpc) is 2.60. The van der Waals surface area contributed by atoms with E-state index >= 15 is 0 Å². The van der Waals surface area contributed by atoms with Gasteiger partial charge in [-0.2, -0.15) is 4.79 Å². The Balaban J connectivity index is 2.57. The number of nitrogens with zero attached hydrogens (tertiary/aromatic N) is 1. The first-order valence-corrected chi connectivity index (χ1v) is 10.2. The number of ether oxygens (including phenoxy) is 1. The number of hydrogen-bond donors (Lipinski definition) is 0. The van der Waals surface area contributed by atoms with Crippen molar-refractivity contribution >= 4 is 20.6 Å². The van der Waals surface area contributed by atoms with Gasteiger partial charge in [-0.05, 0) is 38.9 Å². The SMILES string of the molecule is CC(C)(C)OC(=O)[N+]1=CC[C@H](O[Si](C)(C)C(C)(C)C)C1. The van der Waals surface area contributed by atoms with E-state index in [4.69, 9.17) is 9.16 Å². The molecule has 0 bridgehead atoms. The molecule has 0 aromatic carbocycles. The lowest BCUT2D eigenvalue weighted by atomic mass is 10.2. The Morgan fingerprint density at radius 3 is 2.20 bits per heavy atom. The molecule has 1 aliphatic rings. The minimum atomic E-state index is -1.78. The van der Waals surface area contributed by atoms with Gasteiger partial charge < -0.3 is 9.16 Å². The van der Waals surface area contributed by atoms with Crippen LogP contribution >= 0.6 is 0 Å². The Labute approximate surface area is 124 Å². The topological polar surface area (TPSA) is 38.5 Å². The van der Waals surface area contributed by atoms with Crippen molar-refractivity contribution in [3.63, 3.8) is 0 Å². The minimum absolute atomic E-state index is 0.100. The molecule has 0 fully saturated rings. The van der Waals surface area contributed by atoms with E-state index in [1.165, 1.54) is 0 Å². The molecule has 0 radical (unpaired) electrons. The molecule has 0 unspecified atom stereocenters. The molecule has 0 spiro atoms. The summed E-state index contributed by atoms with van der Waals surface area (Å²) in [6, 6.07) is 0. The monoisotopic (exact) mass is 300 g/mol. The van der Waals surface area contributed by atoms with Crippen LogP contribution in [0, 0.1) is 0 Å². The predicted octanol–water partition coefficient (Wildman–Crippen LogP) is 3.80. The lowest BCUT2D eigenvalue weighted by Crippen LogP contribution is -2.45. The van der Waals surface area contributed by atoms with Gasteiger partial charge in [-0.1, -0.05) is 20.8 Å². The fraction of sp³-hybridized carbons (Fsp3) is 0.867. The zero-order chi connectivity index (χ0) is 15.8. The molecule has 1 heterocycles. The van der Waals surface area contributed by atoms with Crippen molar-refractivity contribution in [1.29, 1.82) is 0 Å². The van der Waals surface area contributed by atoms with Crippen molar-refractivity contribution in [2.24, 2.45) is 0 Å². The normalized spacial score (nSPS) is 20.8. The molecule has 0 N–H and O–H groups in total. The summed E-state index contributed by atoms with van der Waals surface area (Å²) in [6.07, 6.45) is 2.50. The number of carbonyl (C=O) groups excluding carboxylic acids is 1. The summed E-state index contributed by atoms with van der Waals surface area (Å²) in [7, 11) is -1.78. The summed E-state index contributed by atoms with van der Waals surface area (Å²) in [6.45, 7) is 17.4. The van der Waals surface area contributed by atoms with Crippen LogP contribution in [0.5, 0.6) is 0 Å². The van der Waals surface area contributed by atoms with Crippen LogP contribution in [0.25, 0.3) is 0 Å². The summed E-state index contributed by atoms with van der Waals surface area (Å²) >= 11 is 0. The van der Waals surface area contributed by atoms with E-state index in [0.29, 0.717) is 6.54 Å². The third kappa shape index (κ3) is 4.70. The second-order valence-electron chi connectivity index (χ2n) is 8.05. The summed E-state index contributed by atoms with van der Waals surface area (Å²) in [5, 5.41) is 0.187. The summed E-state index contributed by atoms with van der Waals surface area (Å²) in [4.78, 5) is 12.0. The summed E-state index contributed by atoms with van der Waals surface area (Å²) in [5.41, 5.74) is -0.455. The number of rotatable bonds is 2. The Kier molecular flexibility index (Phi) is 4.86. The fourth-order valence-corrected chi connectivity index (χ4v) is 3.12. The van der Waals surface area contributed by atoms with Gasteiger partial charge in [0.1, 0.15) is 11.7 Å². The van der Waals surface area contributed by atoms with E-state index in [0.717, 1.165) is 6.42 Å². The van der Waals surface area contributed by atoms with Gasteiger partial charge in [0.2, 0.25) is 0 Å². The Hall–Kier alpha value is -0.683. The highest BCUT2D eigenvalue weighted by atomic mass is 28.4. The maximum absolute atomic E-state index is 12.0. The molecule has 0 saturated heterocycles. The van der Waals surface area contributed by atoms with Crippen LogP contribution < -0.4 is 0 Å². The summed E-state index contributed by atoms with van der Waals surface area (Å²) < 4.78 is 13.4. The van der Waals surface area contributed by atoms with Gasteiger partial charge >= 0.3 is 6.09 Å². The van der Waals surface area contributed by atoms with Gasteiger partial charge in [0.15, 0.2) is 21.1 Å². The molecule has 0 aromatic rings. The molecule has 1 amide bonds. The van der Waals surface area contributed by atoms with Gasteiger partial charge in [0.25, 0.3) is 0 Å². The van der Waals surface area contributed by atoms with Crippen molar-refractivity contribution < 1.29 is 18.5 Å². The van der Waals surface area contributed by atoms with Crippen LogP contribution in [0.3, 0.4) is 0 Å². The molecule has 0 aromatic heterocycles. The minimum Gasteiger partial charge on any atom is -0.407 e. The molecule has 20 heavy (non-hydrogen) atoms. The second-order valence-corrected chi connectivity index (χ2v) is 12.8. The van der Waals surface area contributed by atoms with E-state index < -0.39 is 13.9 Å². The molecule has 0 saturated carbocycles. The van der Waals surface area contributed by atoms with Gasteiger partial charge in [-0.25, -0.2) is 0 Å². The second kappa shape index (κ2) is 5.60. The molecule has 116 valence electrons. The molecule has 1 aliphatic heterocycles. The van der Waals surface area contributed by atoms with Gasteiger partial charge in [-0.15, -0.1) is 4.58 Å². The zero-order valence-electron chi connectivity index (χ0n) is 14.2. The van der Waals surface area contributed by atoms with E-state index in [2.05, 4.69) is 33.9 Å². The predicted molar refractivity (Wildman–Crippen MR) is 84.1 cm³/mol. The van der Waals surface area contributed by atoms with Crippen LogP contribution in [0.15, 0.2) is 0 Å². The lowest BCUT2D eigenvalue weighted by molar-refractivity contribution is -0.445. The first kappa shape index (κ1) is 17.4. The first-order chi connectivity index (χ1) is 8.82. The highest BCUT2D eigenvalue weighted by Gasteiger charge is 2.42. The number of hydrogen-bond acceptors (Lipinski definition) is 3.